The molecule has 0 aliphatic carbocycles. The molecule has 30 heavy (non-hydrogen) atoms. The minimum atomic E-state index is -0.635. The number of nitrogens with zero attached hydrogens (tertiary/aromatic N) is 2. The number of benzene rings is 1. The maximum atomic E-state index is 13.4. The Hall–Kier alpha value is -2.61. The number of thiophene rings is 1. The molecule has 0 saturated heterocycles. The van der Waals surface area contributed by atoms with Crippen molar-refractivity contribution in [2.45, 2.75) is 12.5 Å². The number of fused-ring (bicyclic) bond motifs is 1. The van der Waals surface area contributed by atoms with Gasteiger partial charge in [-0.1, -0.05) is 17.7 Å². The van der Waals surface area contributed by atoms with E-state index in [2.05, 4.69) is 0 Å². The molecule has 1 N–H and O–H groups in total. The predicted molar refractivity (Wildman–Crippen MR) is 117 cm³/mol. The summed E-state index contributed by atoms with van der Waals surface area (Å²) in [6, 6.07) is 9.76. The molecule has 1 atom stereocenters. The summed E-state index contributed by atoms with van der Waals surface area (Å²) in [6.07, 6.45) is 0.721. The molecule has 1 aromatic carbocycles. The Bertz CT molecular complexity index is 1130. The van der Waals surface area contributed by atoms with Crippen LogP contribution in [0.25, 0.3) is 11.0 Å². The molecule has 1 amide bonds. The first kappa shape index (κ1) is 20.7. The Morgan fingerprint density at radius 2 is 2.10 bits per heavy atom. The van der Waals surface area contributed by atoms with Gasteiger partial charge in [0.25, 0.3) is 5.91 Å². The van der Waals surface area contributed by atoms with E-state index < -0.39 is 23.5 Å². The van der Waals surface area contributed by atoms with Crippen molar-refractivity contribution in [3.05, 3.63) is 68.8 Å². The smallest absolute Gasteiger partial charge is 0.290 e. The third kappa shape index (κ3) is 3.76. The summed E-state index contributed by atoms with van der Waals surface area (Å²) in [7, 11) is 3.92. The maximum absolute atomic E-state index is 13.4. The quantitative estimate of drug-likeness (QED) is 0.535. The highest BCUT2D eigenvalue weighted by Gasteiger charge is 2.44. The molecule has 2 aromatic heterocycles. The number of Topliss-reactive ketones (excluding diaryl/α,β-unsaturated/α-hetero) is 1. The molecule has 1 unspecified atom stereocenters. The summed E-state index contributed by atoms with van der Waals surface area (Å²) in [4.78, 5) is 30.6. The second-order valence-corrected chi connectivity index (χ2v) is 8.87. The molecule has 0 fully saturated rings. The molecule has 0 saturated carbocycles. The lowest BCUT2D eigenvalue weighted by Crippen LogP contribution is -2.33. The highest BCUT2D eigenvalue weighted by molar-refractivity contribution is 7.10. The van der Waals surface area contributed by atoms with Crippen molar-refractivity contribution in [2.75, 3.05) is 27.2 Å². The van der Waals surface area contributed by atoms with E-state index in [1.54, 1.807) is 29.2 Å². The van der Waals surface area contributed by atoms with E-state index >= 15 is 0 Å². The maximum Gasteiger partial charge on any atom is 0.290 e. The van der Waals surface area contributed by atoms with E-state index in [0.29, 0.717) is 22.5 Å². The number of rotatable bonds is 7. The van der Waals surface area contributed by atoms with Crippen molar-refractivity contribution in [2.24, 2.45) is 0 Å². The standard InChI is InChI=1S/C22H21ClN2O4S/c1-24(2)8-4-9-25-19(17-5-3-10-30-17)18(21(27)22(25)28)20(26)16-12-13-11-14(23)6-7-15(13)29-16/h3,5-7,10-12,19,27H,4,8-9H2,1-2H3. The van der Waals surface area contributed by atoms with E-state index in [0.717, 1.165) is 17.8 Å². The van der Waals surface area contributed by atoms with Gasteiger partial charge in [-0.05, 0) is 62.8 Å². The van der Waals surface area contributed by atoms with Crippen LogP contribution in [0, 0.1) is 0 Å². The molecule has 8 heteroatoms. The van der Waals surface area contributed by atoms with Crippen molar-refractivity contribution in [1.29, 1.82) is 0 Å². The zero-order valence-electron chi connectivity index (χ0n) is 16.6. The Morgan fingerprint density at radius 3 is 2.80 bits per heavy atom. The number of aliphatic hydroxyl groups excluding tert-OH is 1. The highest BCUT2D eigenvalue weighted by Crippen LogP contribution is 2.41. The van der Waals surface area contributed by atoms with E-state index in [-0.39, 0.29) is 11.3 Å². The first-order chi connectivity index (χ1) is 14.4. The summed E-state index contributed by atoms with van der Waals surface area (Å²) in [5.41, 5.74) is 0.570. The van der Waals surface area contributed by atoms with Crippen LogP contribution in [-0.2, 0) is 4.79 Å². The largest absolute Gasteiger partial charge is 0.503 e. The molecule has 1 aliphatic rings. The van der Waals surface area contributed by atoms with Crippen LogP contribution in [0.4, 0.5) is 0 Å². The minimum absolute atomic E-state index is 0.0532. The van der Waals surface area contributed by atoms with Crippen LogP contribution >= 0.6 is 22.9 Å². The average molecular weight is 445 g/mol. The topological polar surface area (TPSA) is 74.0 Å². The molecule has 6 nitrogen and oxygen atoms in total. The SMILES string of the molecule is CN(C)CCCN1C(=O)C(O)=C(C(=O)c2cc3cc(Cl)ccc3o2)C1c1cccs1. The molecular formula is C22H21ClN2O4S. The Morgan fingerprint density at radius 1 is 1.30 bits per heavy atom. The summed E-state index contributed by atoms with van der Waals surface area (Å²) < 4.78 is 5.71. The van der Waals surface area contributed by atoms with E-state index in [1.807, 2.05) is 36.5 Å². The first-order valence-corrected chi connectivity index (χ1v) is 10.8. The normalized spacial score (nSPS) is 17.0. The number of hydrogen-bond acceptors (Lipinski definition) is 6. The van der Waals surface area contributed by atoms with Crippen LogP contribution in [-0.4, -0.2) is 53.8 Å². The number of carbonyl (C=O) groups excluding carboxylic acids is 2. The number of halogens is 1. The molecule has 0 radical (unpaired) electrons. The molecule has 156 valence electrons. The zero-order valence-corrected chi connectivity index (χ0v) is 18.2. The van der Waals surface area contributed by atoms with Crippen molar-refractivity contribution in [1.82, 2.24) is 9.80 Å². The lowest BCUT2D eigenvalue weighted by Gasteiger charge is -2.26. The number of furan rings is 1. The van der Waals surface area contributed by atoms with Gasteiger partial charge in [0.2, 0.25) is 5.78 Å². The van der Waals surface area contributed by atoms with Gasteiger partial charge in [-0.15, -0.1) is 11.3 Å². The number of hydrogen-bond donors (Lipinski definition) is 1. The second-order valence-electron chi connectivity index (χ2n) is 7.46. The van der Waals surface area contributed by atoms with Gasteiger partial charge in [-0.25, -0.2) is 0 Å². The van der Waals surface area contributed by atoms with Gasteiger partial charge in [-0.3, -0.25) is 9.59 Å². The van der Waals surface area contributed by atoms with Gasteiger partial charge in [0.1, 0.15) is 5.58 Å². The summed E-state index contributed by atoms with van der Waals surface area (Å²) in [5.74, 6) is -1.48. The van der Waals surface area contributed by atoms with Crippen molar-refractivity contribution in [3.8, 4) is 0 Å². The third-order valence-corrected chi connectivity index (χ3v) is 6.23. The van der Waals surface area contributed by atoms with E-state index in [4.69, 9.17) is 16.0 Å². The lowest BCUT2D eigenvalue weighted by molar-refractivity contribution is -0.129. The molecule has 4 rings (SSSR count). The summed E-state index contributed by atoms with van der Waals surface area (Å²) >= 11 is 7.47. The fourth-order valence-corrected chi connectivity index (χ4v) is 4.70. The zero-order chi connectivity index (χ0) is 21.4. The van der Waals surface area contributed by atoms with Crippen LogP contribution < -0.4 is 0 Å². The Labute approximate surface area is 182 Å². The van der Waals surface area contributed by atoms with Crippen molar-refractivity contribution >= 4 is 45.6 Å². The molecule has 0 spiro atoms. The lowest BCUT2D eigenvalue weighted by atomic mass is 10.00. The highest BCUT2D eigenvalue weighted by atomic mass is 35.5. The van der Waals surface area contributed by atoms with Crippen molar-refractivity contribution < 1.29 is 19.1 Å². The van der Waals surface area contributed by atoms with E-state index in [9.17, 15) is 14.7 Å². The van der Waals surface area contributed by atoms with Crippen LogP contribution in [0.1, 0.15) is 27.9 Å². The average Bonchev–Trinajstić information content (AvgIpc) is 3.41. The third-order valence-electron chi connectivity index (χ3n) is 5.07. The number of amides is 1. The fraction of sp³-hybridized carbons (Fsp3) is 0.273. The van der Waals surface area contributed by atoms with Crippen LogP contribution in [0.2, 0.25) is 5.02 Å². The number of aliphatic hydroxyl groups is 1. The monoisotopic (exact) mass is 444 g/mol. The molecule has 0 bridgehead atoms. The van der Waals surface area contributed by atoms with Gasteiger partial charge in [0, 0.05) is 21.8 Å². The number of carbonyl (C=O) groups is 2. The van der Waals surface area contributed by atoms with Crippen LogP contribution in [0.15, 0.2) is 57.5 Å². The van der Waals surface area contributed by atoms with E-state index in [1.165, 1.54) is 11.3 Å². The number of ketones is 1. The summed E-state index contributed by atoms with van der Waals surface area (Å²) in [6.45, 7) is 1.21. The molecule has 3 aromatic rings. The van der Waals surface area contributed by atoms with Gasteiger partial charge in [0.05, 0.1) is 11.6 Å². The van der Waals surface area contributed by atoms with Gasteiger partial charge < -0.3 is 19.3 Å². The minimum Gasteiger partial charge on any atom is -0.503 e. The second kappa shape index (κ2) is 8.26. The van der Waals surface area contributed by atoms with Crippen molar-refractivity contribution in [3.63, 3.8) is 0 Å². The fourth-order valence-electron chi connectivity index (χ4n) is 3.68. The molecular weight excluding hydrogens is 424 g/mol. The first-order valence-electron chi connectivity index (χ1n) is 9.53. The molecule has 3 heterocycles. The predicted octanol–water partition coefficient (Wildman–Crippen LogP) is 4.68. The summed E-state index contributed by atoms with van der Waals surface area (Å²) in [5, 5.41) is 13.8. The van der Waals surface area contributed by atoms with Crippen LogP contribution in [0.5, 0.6) is 0 Å². The Balaban J connectivity index is 1.71. The van der Waals surface area contributed by atoms with Gasteiger partial charge >= 0.3 is 0 Å². The Kier molecular flexibility index (Phi) is 5.69. The van der Waals surface area contributed by atoms with Gasteiger partial charge in [-0.2, -0.15) is 0 Å². The van der Waals surface area contributed by atoms with Crippen LogP contribution in [0.3, 0.4) is 0 Å². The van der Waals surface area contributed by atoms with Gasteiger partial charge in [0.15, 0.2) is 11.5 Å². The molecule has 1 aliphatic heterocycles.